The molecule has 0 heterocycles. The molecule has 3 N–H and O–H groups in total. The first-order valence-electron chi connectivity index (χ1n) is 5.07. The molecular weight excluding hydrogens is 240 g/mol. The molecule has 5 heteroatoms. The summed E-state index contributed by atoms with van der Waals surface area (Å²) in [6, 6.07) is 7.86. The van der Waals surface area contributed by atoms with Gasteiger partial charge in [0, 0.05) is 5.69 Å². The van der Waals surface area contributed by atoms with Crippen LogP contribution in [0.1, 0.15) is 10.4 Å². The van der Waals surface area contributed by atoms with Crippen LogP contribution in [-0.4, -0.2) is 11.1 Å². The molecule has 18 heavy (non-hydrogen) atoms. The number of halogens is 2. The Balaban J connectivity index is 2.58. The Hall–Kier alpha value is -2.43. The molecule has 2 aromatic rings. The molecule has 0 radical (unpaired) electrons. The van der Waals surface area contributed by atoms with Gasteiger partial charge in [0.25, 0.3) is 0 Å². The number of hydrogen-bond acceptors (Lipinski definition) is 2. The van der Waals surface area contributed by atoms with E-state index in [1.165, 1.54) is 24.3 Å². The molecular formula is C13H9F2NO2. The summed E-state index contributed by atoms with van der Waals surface area (Å²) in [5, 5.41) is 8.77. The van der Waals surface area contributed by atoms with E-state index in [1.807, 2.05) is 0 Å². The zero-order chi connectivity index (χ0) is 13.3. The third-order valence-corrected chi connectivity index (χ3v) is 2.49. The Morgan fingerprint density at radius 3 is 2.39 bits per heavy atom. The lowest BCUT2D eigenvalue weighted by Gasteiger charge is -2.07. The number of carboxylic acid groups (broad SMARTS) is 1. The van der Waals surface area contributed by atoms with E-state index in [1.54, 1.807) is 6.07 Å². The van der Waals surface area contributed by atoms with Gasteiger partial charge in [-0.05, 0) is 35.4 Å². The van der Waals surface area contributed by atoms with Crippen LogP contribution in [0.4, 0.5) is 14.5 Å². The first-order valence-corrected chi connectivity index (χ1v) is 5.07. The maximum atomic E-state index is 13.6. The monoisotopic (exact) mass is 249 g/mol. The molecule has 0 unspecified atom stereocenters. The van der Waals surface area contributed by atoms with E-state index in [2.05, 4.69) is 0 Å². The second-order valence-corrected chi connectivity index (χ2v) is 3.74. The average Bonchev–Trinajstić information content (AvgIpc) is 2.27. The van der Waals surface area contributed by atoms with Crippen LogP contribution in [0.3, 0.4) is 0 Å². The van der Waals surface area contributed by atoms with Crippen molar-refractivity contribution in [3.8, 4) is 11.1 Å². The van der Waals surface area contributed by atoms with Gasteiger partial charge in [-0.3, -0.25) is 0 Å². The number of rotatable bonds is 2. The Kier molecular flexibility index (Phi) is 2.97. The number of hydrogen-bond donors (Lipinski definition) is 2. The van der Waals surface area contributed by atoms with Gasteiger partial charge in [-0.1, -0.05) is 12.1 Å². The van der Waals surface area contributed by atoms with Crippen LogP contribution in [0.2, 0.25) is 0 Å². The van der Waals surface area contributed by atoms with Crippen molar-refractivity contribution in [2.45, 2.75) is 0 Å². The quantitative estimate of drug-likeness (QED) is 0.804. The fourth-order valence-electron chi connectivity index (χ4n) is 1.69. The normalized spacial score (nSPS) is 10.3. The molecule has 0 spiro atoms. The van der Waals surface area contributed by atoms with E-state index in [0.29, 0.717) is 11.1 Å². The standard InChI is InChI=1S/C13H9F2NO2/c14-9-3-1-2-7(4-9)8-5-10(15)12(13(17)18)11(16)6-8/h1-6H,16H2,(H,17,18). The van der Waals surface area contributed by atoms with Gasteiger partial charge < -0.3 is 10.8 Å². The molecule has 0 amide bonds. The molecule has 0 aliphatic rings. The van der Waals surface area contributed by atoms with Gasteiger partial charge in [0.05, 0.1) is 0 Å². The summed E-state index contributed by atoms with van der Waals surface area (Å²) in [6.45, 7) is 0. The molecule has 0 aliphatic carbocycles. The molecule has 0 saturated carbocycles. The SMILES string of the molecule is Nc1cc(-c2cccc(F)c2)cc(F)c1C(=O)O. The van der Waals surface area contributed by atoms with Gasteiger partial charge >= 0.3 is 5.97 Å². The fourth-order valence-corrected chi connectivity index (χ4v) is 1.69. The molecule has 3 nitrogen and oxygen atoms in total. The fraction of sp³-hybridized carbons (Fsp3) is 0. The smallest absolute Gasteiger partial charge is 0.340 e. The maximum absolute atomic E-state index is 13.6. The minimum Gasteiger partial charge on any atom is -0.478 e. The number of carbonyl (C=O) groups is 1. The third kappa shape index (κ3) is 2.15. The van der Waals surface area contributed by atoms with Gasteiger partial charge in [0.15, 0.2) is 0 Å². The molecule has 2 rings (SSSR count). The highest BCUT2D eigenvalue weighted by Crippen LogP contribution is 2.27. The van der Waals surface area contributed by atoms with Crippen LogP contribution in [0.5, 0.6) is 0 Å². The van der Waals surface area contributed by atoms with Crippen molar-refractivity contribution in [1.82, 2.24) is 0 Å². The summed E-state index contributed by atoms with van der Waals surface area (Å²) in [5.41, 5.74) is 5.47. The zero-order valence-corrected chi connectivity index (χ0v) is 9.15. The van der Waals surface area contributed by atoms with E-state index in [0.717, 1.165) is 6.07 Å². The molecule has 0 fully saturated rings. The number of nitrogen functional groups attached to an aromatic ring is 1. The predicted octanol–water partition coefficient (Wildman–Crippen LogP) is 2.91. The van der Waals surface area contributed by atoms with Crippen molar-refractivity contribution in [1.29, 1.82) is 0 Å². The van der Waals surface area contributed by atoms with Gasteiger partial charge in [-0.15, -0.1) is 0 Å². The number of carboxylic acids is 1. The third-order valence-electron chi connectivity index (χ3n) is 2.49. The topological polar surface area (TPSA) is 63.3 Å². The van der Waals surface area contributed by atoms with E-state index in [9.17, 15) is 13.6 Å². The molecule has 2 aromatic carbocycles. The van der Waals surface area contributed by atoms with Crippen molar-refractivity contribution < 1.29 is 18.7 Å². The zero-order valence-electron chi connectivity index (χ0n) is 9.15. The average molecular weight is 249 g/mol. The lowest BCUT2D eigenvalue weighted by molar-refractivity contribution is 0.0693. The van der Waals surface area contributed by atoms with Crippen molar-refractivity contribution in [3.63, 3.8) is 0 Å². The van der Waals surface area contributed by atoms with Gasteiger partial charge in [-0.2, -0.15) is 0 Å². The first-order chi connectivity index (χ1) is 8.49. The van der Waals surface area contributed by atoms with Crippen LogP contribution >= 0.6 is 0 Å². The summed E-state index contributed by atoms with van der Waals surface area (Å²) < 4.78 is 26.6. The molecule has 0 saturated heterocycles. The Labute approximate surface area is 101 Å². The number of aromatic carboxylic acids is 1. The van der Waals surface area contributed by atoms with Crippen LogP contribution in [-0.2, 0) is 0 Å². The Bertz CT molecular complexity index is 603. The van der Waals surface area contributed by atoms with Crippen molar-refractivity contribution in [2.24, 2.45) is 0 Å². The summed E-state index contributed by atoms with van der Waals surface area (Å²) in [5.74, 6) is -2.84. The van der Waals surface area contributed by atoms with Gasteiger partial charge in [-0.25, -0.2) is 13.6 Å². The summed E-state index contributed by atoms with van der Waals surface area (Å²) in [4.78, 5) is 10.8. The highest BCUT2D eigenvalue weighted by molar-refractivity contribution is 5.95. The van der Waals surface area contributed by atoms with Crippen LogP contribution in [0, 0.1) is 11.6 Å². The van der Waals surface area contributed by atoms with E-state index in [4.69, 9.17) is 10.8 Å². The molecule has 92 valence electrons. The minimum atomic E-state index is -1.43. The molecule has 0 bridgehead atoms. The summed E-state index contributed by atoms with van der Waals surface area (Å²) >= 11 is 0. The largest absolute Gasteiger partial charge is 0.478 e. The van der Waals surface area contributed by atoms with Gasteiger partial charge in [0.2, 0.25) is 0 Å². The minimum absolute atomic E-state index is 0.193. The second-order valence-electron chi connectivity index (χ2n) is 3.74. The Morgan fingerprint density at radius 1 is 1.11 bits per heavy atom. The lowest BCUT2D eigenvalue weighted by Crippen LogP contribution is -2.06. The van der Waals surface area contributed by atoms with Crippen LogP contribution < -0.4 is 5.73 Å². The van der Waals surface area contributed by atoms with Crippen molar-refractivity contribution in [2.75, 3.05) is 5.73 Å². The lowest BCUT2D eigenvalue weighted by atomic mass is 10.0. The van der Waals surface area contributed by atoms with Crippen molar-refractivity contribution >= 4 is 11.7 Å². The van der Waals surface area contributed by atoms with E-state index < -0.39 is 23.2 Å². The second kappa shape index (κ2) is 4.44. The van der Waals surface area contributed by atoms with E-state index >= 15 is 0 Å². The molecule has 0 aromatic heterocycles. The summed E-state index contributed by atoms with van der Waals surface area (Å²) in [7, 11) is 0. The predicted molar refractivity (Wildman–Crippen MR) is 63.2 cm³/mol. The number of benzene rings is 2. The highest BCUT2D eigenvalue weighted by Gasteiger charge is 2.16. The molecule has 0 atom stereocenters. The highest BCUT2D eigenvalue weighted by atomic mass is 19.1. The molecule has 0 aliphatic heterocycles. The maximum Gasteiger partial charge on any atom is 0.340 e. The van der Waals surface area contributed by atoms with Crippen LogP contribution in [0.25, 0.3) is 11.1 Å². The van der Waals surface area contributed by atoms with E-state index in [-0.39, 0.29) is 5.69 Å². The number of nitrogens with two attached hydrogens (primary N) is 1. The first kappa shape index (κ1) is 12.0. The number of anilines is 1. The van der Waals surface area contributed by atoms with Crippen molar-refractivity contribution in [3.05, 3.63) is 53.6 Å². The Morgan fingerprint density at radius 2 is 1.83 bits per heavy atom. The van der Waals surface area contributed by atoms with Gasteiger partial charge in [0.1, 0.15) is 17.2 Å². The summed E-state index contributed by atoms with van der Waals surface area (Å²) in [6.07, 6.45) is 0. The van der Waals surface area contributed by atoms with Crippen LogP contribution in [0.15, 0.2) is 36.4 Å².